The van der Waals surface area contributed by atoms with Crippen LogP contribution in [0.4, 0.5) is 0 Å². The van der Waals surface area contributed by atoms with Gasteiger partial charge in [0.2, 0.25) is 0 Å². The zero-order chi connectivity index (χ0) is 15.2. The van der Waals surface area contributed by atoms with Gasteiger partial charge in [-0.3, -0.25) is 4.99 Å². The molecule has 0 atom stereocenters. The van der Waals surface area contributed by atoms with Gasteiger partial charge >= 0.3 is 0 Å². The predicted octanol–water partition coefficient (Wildman–Crippen LogP) is 2.17. The Morgan fingerprint density at radius 1 is 1.05 bits per heavy atom. The molecule has 1 saturated carbocycles. The van der Waals surface area contributed by atoms with Crippen LogP contribution in [0, 0.1) is 5.92 Å². The van der Waals surface area contributed by atoms with E-state index in [0.29, 0.717) is 0 Å². The molecule has 0 aromatic heterocycles. The Morgan fingerprint density at radius 3 is 2.57 bits per heavy atom. The summed E-state index contributed by atoms with van der Waals surface area (Å²) in [7, 11) is 0. The smallest absolute Gasteiger partial charge is 0.191 e. The van der Waals surface area contributed by atoms with Crippen LogP contribution in [0.5, 0.6) is 0 Å². The maximum absolute atomic E-state index is 5.60. The molecule has 1 rings (SSSR count). The van der Waals surface area contributed by atoms with Crippen LogP contribution < -0.4 is 10.6 Å². The molecule has 0 saturated heterocycles. The highest BCUT2D eigenvalue weighted by molar-refractivity contribution is 5.79. The standard InChI is InChI=1S/C16H33N3O2/c1-3-5-11-20-12-6-9-18-16(17-4-2)19-10-13-21-14-15-7-8-15/h15H,3-14H2,1-2H3,(H2,17,18,19). The molecule has 1 fully saturated rings. The van der Waals surface area contributed by atoms with Crippen LogP contribution in [0.3, 0.4) is 0 Å². The lowest BCUT2D eigenvalue weighted by Crippen LogP contribution is -2.39. The van der Waals surface area contributed by atoms with Crippen molar-refractivity contribution in [3.8, 4) is 0 Å². The van der Waals surface area contributed by atoms with Gasteiger partial charge in [0.05, 0.1) is 6.61 Å². The SMILES string of the molecule is CCCCOCCCN=C(NCC)NCCOCC1CC1. The van der Waals surface area contributed by atoms with Gasteiger partial charge in [0.25, 0.3) is 0 Å². The number of ether oxygens (including phenoxy) is 2. The fourth-order valence-electron chi connectivity index (χ4n) is 1.82. The molecule has 5 nitrogen and oxygen atoms in total. The largest absolute Gasteiger partial charge is 0.381 e. The highest BCUT2D eigenvalue weighted by Gasteiger charge is 2.20. The number of hydrogen-bond donors (Lipinski definition) is 2. The summed E-state index contributed by atoms with van der Waals surface area (Å²) in [5, 5.41) is 6.55. The number of unbranched alkanes of at least 4 members (excludes halogenated alkanes) is 1. The minimum absolute atomic E-state index is 0.751. The van der Waals surface area contributed by atoms with E-state index in [9.17, 15) is 0 Å². The molecule has 0 bridgehead atoms. The molecular weight excluding hydrogens is 266 g/mol. The van der Waals surface area contributed by atoms with E-state index in [1.165, 1.54) is 19.3 Å². The lowest BCUT2D eigenvalue weighted by Gasteiger charge is -2.11. The number of aliphatic imine (C=N–C) groups is 1. The van der Waals surface area contributed by atoms with Gasteiger partial charge < -0.3 is 20.1 Å². The summed E-state index contributed by atoms with van der Waals surface area (Å²) in [6.07, 6.45) is 6.00. The number of nitrogens with one attached hydrogen (secondary N) is 2. The first-order chi connectivity index (χ1) is 10.4. The number of hydrogen-bond acceptors (Lipinski definition) is 3. The Kier molecular flexibility index (Phi) is 11.2. The third-order valence-electron chi connectivity index (χ3n) is 3.29. The minimum Gasteiger partial charge on any atom is -0.381 e. The average Bonchev–Trinajstić information content (AvgIpc) is 3.30. The first-order valence-corrected chi connectivity index (χ1v) is 8.54. The van der Waals surface area contributed by atoms with Crippen molar-refractivity contribution in [3.63, 3.8) is 0 Å². The highest BCUT2D eigenvalue weighted by Crippen LogP contribution is 2.28. The molecular formula is C16H33N3O2. The lowest BCUT2D eigenvalue weighted by atomic mass is 10.4. The van der Waals surface area contributed by atoms with Crippen molar-refractivity contribution in [2.24, 2.45) is 10.9 Å². The van der Waals surface area contributed by atoms with Crippen molar-refractivity contribution in [1.29, 1.82) is 0 Å². The zero-order valence-corrected chi connectivity index (χ0v) is 13.8. The van der Waals surface area contributed by atoms with Crippen LogP contribution in [0.2, 0.25) is 0 Å². The summed E-state index contributed by atoms with van der Waals surface area (Å²) < 4.78 is 11.1. The van der Waals surface area contributed by atoms with Crippen LogP contribution in [0.15, 0.2) is 4.99 Å². The topological polar surface area (TPSA) is 54.9 Å². The van der Waals surface area contributed by atoms with E-state index in [2.05, 4.69) is 29.5 Å². The van der Waals surface area contributed by atoms with Crippen molar-refractivity contribution < 1.29 is 9.47 Å². The molecule has 0 aliphatic heterocycles. The van der Waals surface area contributed by atoms with Crippen LogP contribution in [0.1, 0.15) is 46.0 Å². The van der Waals surface area contributed by atoms with E-state index in [0.717, 1.165) is 70.8 Å². The van der Waals surface area contributed by atoms with E-state index in [1.54, 1.807) is 0 Å². The van der Waals surface area contributed by atoms with E-state index >= 15 is 0 Å². The summed E-state index contributed by atoms with van der Waals surface area (Å²) in [5.41, 5.74) is 0. The van der Waals surface area contributed by atoms with Crippen molar-refractivity contribution >= 4 is 5.96 Å². The van der Waals surface area contributed by atoms with E-state index in [-0.39, 0.29) is 0 Å². The second kappa shape index (κ2) is 12.9. The summed E-state index contributed by atoms with van der Waals surface area (Å²) in [5.74, 6) is 1.71. The normalized spacial score (nSPS) is 15.2. The first kappa shape index (κ1) is 18.2. The molecule has 1 aliphatic carbocycles. The molecule has 21 heavy (non-hydrogen) atoms. The fraction of sp³-hybridized carbons (Fsp3) is 0.938. The van der Waals surface area contributed by atoms with E-state index in [1.807, 2.05) is 0 Å². The molecule has 0 amide bonds. The summed E-state index contributed by atoms with van der Waals surface area (Å²) in [4.78, 5) is 4.54. The third kappa shape index (κ3) is 11.5. The minimum atomic E-state index is 0.751. The van der Waals surface area contributed by atoms with Gasteiger partial charge in [-0.1, -0.05) is 13.3 Å². The quantitative estimate of drug-likeness (QED) is 0.311. The summed E-state index contributed by atoms with van der Waals surface area (Å²) >= 11 is 0. The number of nitrogens with zero attached hydrogens (tertiary/aromatic N) is 1. The van der Waals surface area contributed by atoms with Crippen LogP contribution >= 0.6 is 0 Å². The van der Waals surface area contributed by atoms with Crippen LogP contribution in [-0.4, -0.2) is 52.0 Å². The Hall–Kier alpha value is -0.810. The Bertz CT molecular complexity index is 268. The van der Waals surface area contributed by atoms with E-state index in [4.69, 9.17) is 9.47 Å². The van der Waals surface area contributed by atoms with Crippen molar-refractivity contribution in [1.82, 2.24) is 10.6 Å². The molecule has 124 valence electrons. The lowest BCUT2D eigenvalue weighted by molar-refractivity contribution is 0.128. The molecule has 0 heterocycles. The summed E-state index contributed by atoms with van der Waals surface area (Å²) in [6, 6.07) is 0. The molecule has 0 aromatic rings. The van der Waals surface area contributed by atoms with Gasteiger partial charge in [0.1, 0.15) is 0 Å². The number of rotatable bonds is 13. The van der Waals surface area contributed by atoms with Gasteiger partial charge in [-0.15, -0.1) is 0 Å². The molecule has 0 aromatic carbocycles. The van der Waals surface area contributed by atoms with Crippen LogP contribution in [-0.2, 0) is 9.47 Å². The Balaban J connectivity index is 1.99. The zero-order valence-electron chi connectivity index (χ0n) is 13.8. The predicted molar refractivity (Wildman–Crippen MR) is 87.9 cm³/mol. The van der Waals surface area contributed by atoms with Gasteiger partial charge in [-0.25, -0.2) is 0 Å². The third-order valence-corrected chi connectivity index (χ3v) is 3.29. The average molecular weight is 299 g/mol. The van der Waals surface area contributed by atoms with Crippen molar-refractivity contribution in [2.75, 3.05) is 46.1 Å². The summed E-state index contributed by atoms with van der Waals surface area (Å²) in [6.45, 7) is 10.1. The molecule has 1 aliphatic rings. The second-order valence-electron chi connectivity index (χ2n) is 5.53. The molecule has 0 spiro atoms. The Morgan fingerprint density at radius 2 is 1.86 bits per heavy atom. The van der Waals surface area contributed by atoms with Crippen LogP contribution in [0.25, 0.3) is 0 Å². The van der Waals surface area contributed by atoms with Gasteiger partial charge in [0, 0.05) is 39.5 Å². The molecule has 5 heteroatoms. The monoisotopic (exact) mass is 299 g/mol. The number of guanidine groups is 1. The highest BCUT2D eigenvalue weighted by atomic mass is 16.5. The molecule has 0 unspecified atom stereocenters. The molecule has 2 N–H and O–H groups in total. The van der Waals surface area contributed by atoms with Gasteiger partial charge in [-0.2, -0.15) is 0 Å². The first-order valence-electron chi connectivity index (χ1n) is 8.54. The van der Waals surface area contributed by atoms with Gasteiger partial charge in [-0.05, 0) is 38.5 Å². The van der Waals surface area contributed by atoms with E-state index < -0.39 is 0 Å². The maximum atomic E-state index is 5.60. The Labute approximate surface area is 129 Å². The van der Waals surface area contributed by atoms with Gasteiger partial charge in [0.15, 0.2) is 5.96 Å². The van der Waals surface area contributed by atoms with Crippen molar-refractivity contribution in [3.05, 3.63) is 0 Å². The second-order valence-corrected chi connectivity index (χ2v) is 5.53. The molecule has 0 radical (unpaired) electrons. The maximum Gasteiger partial charge on any atom is 0.191 e. The van der Waals surface area contributed by atoms with Crippen molar-refractivity contribution in [2.45, 2.75) is 46.0 Å². The fourth-order valence-corrected chi connectivity index (χ4v) is 1.82.